The summed E-state index contributed by atoms with van der Waals surface area (Å²) in [7, 11) is -9.97. The van der Waals surface area contributed by atoms with Crippen LogP contribution in [0.3, 0.4) is 0 Å². The summed E-state index contributed by atoms with van der Waals surface area (Å²) in [5.74, 6) is -6.60. The molecule has 0 saturated heterocycles. The molecule has 0 radical (unpaired) electrons. The minimum atomic E-state index is -4.98. The van der Waals surface area contributed by atoms with Gasteiger partial charge in [-0.2, -0.15) is 0 Å². The van der Waals surface area contributed by atoms with Crippen molar-refractivity contribution >= 4 is 39.2 Å². The monoisotopic (exact) mass is 1040 g/mol. The number of esters is 2. The number of phosphoric acid groups is 2. The van der Waals surface area contributed by atoms with Crippen LogP contribution < -0.4 is 9.79 Å². The SMILES string of the molecule is CC1=C(/C=C/C(C)=C/C=C/C(C)=C/C=C/C=C(C)/C=C/C=C(C)/C=C/C2=C(C)C(=O)C(OP(=O)([O-])OCC[C@H]3OC(=O)C(O)=C3O)CC2(C)C)C(C)(C)CC(OP(=O)([O-])OCC[C@H]2OC(=O)C(O)=C2O)C1=O. The van der Waals surface area contributed by atoms with Gasteiger partial charge < -0.3 is 57.8 Å². The van der Waals surface area contributed by atoms with Crippen LogP contribution >= 0.6 is 15.6 Å². The summed E-state index contributed by atoms with van der Waals surface area (Å²) < 4.78 is 54.7. The average Bonchev–Trinajstić information content (AvgIpc) is 3.67. The molecule has 4 rings (SSSR count). The van der Waals surface area contributed by atoms with Crippen molar-refractivity contribution in [2.45, 2.75) is 119 Å². The molecule has 0 amide bonds. The summed E-state index contributed by atoms with van der Waals surface area (Å²) in [5, 5.41) is 38.3. The lowest BCUT2D eigenvalue weighted by Crippen LogP contribution is -2.38. The third kappa shape index (κ3) is 16.4. The minimum Gasteiger partial charge on any atom is -0.756 e. The van der Waals surface area contributed by atoms with Gasteiger partial charge in [0.1, 0.15) is 12.2 Å². The molecular formula is C52H64O18P2-2. The molecule has 20 heteroatoms. The van der Waals surface area contributed by atoms with Crippen molar-refractivity contribution in [3.05, 3.63) is 153 Å². The van der Waals surface area contributed by atoms with Crippen molar-refractivity contribution in [2.24, 2.45) is 10.8 Å². The highest BCUT2D eigenvalue weighted by molar-refractivity contribution is 7.46. The summed E-state index contributed by atoms with van der Waals surface area (Å²) in [6, 6.07) is 0. The van der Waals surface area contributed by atoms with Gasteiger partial charge in [-0.25, -0.2) is 9.59 Å². The predicted molar refractivity (Wildman–Crippen MR) is 263 cm³/mol. The van der Waals surface area contributed by atoms with Crippen molar-refractivity contribution in [3.63, 3.8) is 0 Å². The fourth-order valence-electron chi connectivity index (χ4n) is 8.04. The van der Waals surface area contributed by atoms with Crippen LogP contribution in [0.5, 0.6) is 0 Å². The van der Waals surface area contributed by atoms with E-state index in [2.05, 4.69) is 0 Å². The number of allylic oxidation sites excluding steroid dienone is 20. The van der Waals surface area contributed by atoms with Crippen molar-refractivity contribution in [3.8, 4) is 0 Å². The van der Waals surface area contributed by atoms with Crippen LogP contribution in [0.2, 0.25) is 0 Å². The number of phosphoric ester groups is 2. The van der Waals surface area contributed by atoms with E-state index in [1.807, 2.05) is 140 Å². The topological polar surface area (TPSA) is 285 Å². The van der Waals surface area contributed by atoms with Crippen molar-refractivity contribution < 1.29 is 86.1 Å². The molecule has 4 aliphatic rings. The highest BCUT2D eigenvalue weighted by Crippen LogP contribution is 2.49. The first-order valence-electron chi connectivity index (χ1n) is 23.0. The molecule has 0 bridgehead atoms. The van der Waals surface area contributed by atoms with E-state index in [1.165, 1.54) is 0 Å². The molecule has 2 heterocycles. The number of hydrogen-bond acceptors (Lipinski definition) is 18. The van der Waals surface area contributed by atoms with E-state index < -0.39 is 111 Å². The van der Waals surface area contributed by atoms with Gasteiger partial charge in [0.15, 0.2) is 35.3 Å². The number of carbonyl (C=O) groups is 4. The lowest BCUT2D eigenvalue weighted by molar-refractivity contribution is -0.231. The molecule has 0 saturated carbocycles. The molecule has 392 valence electrons. The predicted octanol–water partition coefficient (Wildman–Crippen LogP) is 9.21. The number of rotatable bonds is 22. The number of ether oxygens (including phenoxy) is 2. The molecule has 0 fully saturated rings. The Labute approximate surface area is 420 Å². The largest absolute Gasteiger partial charge is 0.756 e. The Morgan fingerprint density at radius 1 is 0.583 bits per heavy atom. The molecule has 6 atom stereocenters. The number of ketones is 2. The van der Waals surface area contributed by atoms with Crippen molar-refractivity contribution in [2.75, 3.05) is 13.2 Å². The Balaban J connectivity index is 1.25. The molecule has 0 aromatic heterocycles. The van der Waals surface area contributed by atoms with Crippen molar-refractivity contribution in [1.29, 1.82) is 0 Å². The maximum atomic E-state index is 13.2. The molecule has 18 nitrogen and oxygen atoms in total. The second-order valence-electron chi connectivity index (χ2n) is 19.0. The van der Waals surface area contributed by atoms with Crippen LogP contribution in [-0.2, 0) is 55.9 Å². The van der Waals surface area contributed by atoms with E-state index >= 15 is 0 Å². The maximum absolute atomic E-state index is 13.2. The summed E-state index contributed by atoms with van der Waals surface area (Å²) >= 11 is 0. The van der Waals surface area contributed by atoms with E-state index in [0.29, 0.717) is 11.1 Å². The van der Waals surface area contributed by atoms with Gasteiger partial charge in [-0.05, 0) is 87.5 Å². The van der Waals surface area contributed by atoms with Crippen LogP contribution in [0.15, 0.2) is 153 Å². The second kappa shape index (κ2) is 24.8. The zero-order chi connectivity index (χ0) is 53.9. The molecule has 0 spiro atoms. The van der Waals surface area contributed by atoms with E-state index in [0.717, 1.165) is 33.4 Å². The molecule has 0 aromatic carbocycles. The third-order valence-corrected chi connectivity index (χ3v) is 14.0. The molecular weight excluding hydrogens is 975 g/mol. The fourth-order valence-corrected chi connectivity index (χ4v) is 9.78. The van der Waals surface area contributed by atoms with Gasteiger partial charge in [-0.3, -0.25) is 18.7 Å². The summed E-state index contributed by atoms with van der Waals surface area (Å²) in [4.78, 5) is 74.4. The van der Waals surface area contributed by atoms with Crippen LogP contribution in [0, 0.1) is 10.8 Å². The van der Waals surface area contributed by atoms with Gasteiger partial charge in [0, 0.05) is 12.8 Å². The second-order valence-corrected chi connectivity index (χ2v) is 21.7. The lowest BCUT2D eigenvalue weighted by Gasteiger charge is -2.38. The first-order valence-corrected chi connectivity index (χ1v) is 25.9. The maximum Gasteiger partial charge on any atom is 0.377 e. The van der Waals surface area contributed by atoms with Crippen LogP contribution in [0.25, 0.3) is 0 Å². The zero-order valence-corrected chi connectivity index (χ0v) is 43.8. The van der Waals surface area contributed by atoms with Gasteiger partial charge in [-0.15, -0.1) is 0 Å². The Morgan fingerprint density at radius 3 is 1.22 bits per heavy atom. The van der Waals surface area contributed by atoms with Crippen LogP contribution in [0.1, 0.15) is 94.9 Å². The van der Waals surface area contributed by atoms with Crippen molar-refractivity contribution in [1.82, 2.24) is 0 Å². The average molecular weight is 1040 g/mol. The van der Waals surface area contributed by atoms with Crippen LogP contribution in [0.4, 0.5) is 0 Å². The van der Waals surface area contributed by atoms with Gasteiger partial charge in [0.05, 0.1) is 13.2 Å². The lowest BCUT2D eigenvalue weighted by atomic mass is 9.71. The molecule has 2 aliphatic heterocycles. The molecule has 4 unspecified atom stereocenters. The summed E-state index contributed by atoms with van der Waals surface area (Å²) in [5.41, 5.74) is 4.67. The Hall–Kier alpha value is -5.68. The normalized spacial score (nSPS) is 25.7. The Morgan fingerprint density at radius 2 is 0.903 bits per heavy atom. The molecule has 4 N–H and O–H groups in total. The first kappa shape index (κ1) is 58.9. The van der Waals surface area contributed by atoms with Crippen LogP contribution in [-0.4, -0.2) is 81.6 Å². The highest BCUT2D eigenvalue weighted by Gasteiger charge is 2.42. The van der Waals surface area contributed by atoms with E-state index in [9.17, 15) is 58.5 Å². The van der Waals surface area contributed by atoms with E-state index in [1.54, 1.807) is 13.8 Å². The number of hydrogen-bond donors (Lipinski definition) is 4. The van der Waals surface area contributed by atoms with Gasteiger partial charge in [0.2, 0.25) is 11.5 Å². The highest BCUT2D eigenvalue weighted by atomic mass is 31.2. The van der Waals surface area contributed by atoms with E-state index in [-0.39, 0.29) is 25.7 Å². The first-order chi connectivity index (χ1) is 33.4. The Kier molecular flexibility index (Phi) is 20.3. The molecule has 72 heavy (non-hydrogen) atoms. The smallest absolute Gasteiger partial charge is 0.377 e. The molecule has 2 aliphatic carbocycles. The standard InChI is InChI=1S/C52H66O18P2/c1-31(17-13-19-33(3)21-23-37-35(5)43(53)41(29-51(37,7)8)69-71(61,62)65-27-25-39-45(55)47(57)49(59)67-39)15-11-12-16-32(2)18-14-20-34(4)22-24-38-36(6)44(54)42(30-52(38,9)10)70-72(63,64)66-28-26-40-46(56)48(58)50(60)68-40/h11-24,39-42,55-58H,25-30H2,1-10H3,(H,61,62)(H,63,64)/p-2/b12-11+,17-13+,18-14+,23-21+,24-22+,31-15+,32-16+,33-19+,34-20+/t39-,40-,41?,42?/m1/s1. The van der Waals surface area contributed by atoms with E-state index in [4.69, 9.17) is 27.6 Å². The van der Waals surface area contributed by atoms with Gasteiger partial charge >= 0.3 is 11.9 Å². The number of carbonyl (C=O) groups excluding carboxylic acids is 4. The summed E-state index contributed by atoms with van der Waals surface area (Å²) in [6.45, 7) is 17.4. The van der Waals surface area contributed by atoms with Gasteiger partial charge in [-0.1, -0.05) is 135 Å². The number of Topliss-reactive ketones (excluding diaryl/α,β-unsaturated/α-hetero) is 2. The number of cyclic esters (lactones) is 2. The zero-order valence-electron chi connectivity index (χ0n) is 42.0. The quantitative estimate of drug-likeness (QED) is 0.0446. The number of aliphatic hydroxyl groups is 4. The Bertz CT molecular complexity index is 2490. The van der Waals surface area contributed by atoms with Gasteiger partial charge in [0.25, 0.3) is 15.6 Å². The summed E-state index contributed by atoms with van der Waals surface area (Å²) in [6.07, 6.45) is 21.2. The minimum absolute atomic E-state index is 0.0615. The fraction of sp³-hybridized carbons (Fsp3) is 0.423. The number of aliphatic hydroxyl groups excluding tert-OH is 4. The third-order valence-electron chi connectivity index (χ3n) is 12.0. The molecule has 0 aromatic rings.